The van der Waals surface area contributed by atoms with E-state index in [1.54, 1.807) is 17.2 Å². The number of halogens is 1. The molecule has 2 aromatic rings. The molecule has 3 heterocycles. The summed E-state index contributed by atoms with van der Waals surface area (Å²) in [6.45, 7) is 3.59. The summed E-state index contributed by atoms with van der Waals surface area (Å²) in [7, 11) is 0. The van der Waals surface area contributed by atoms with E-state index in [9.17, 15) is 9.59 Å². The van der Waals surface area contributed by atoms with Crippen molar-refractivity contribution in [3.05, 3.63) is 52.7 Å². The van der Waals surface area contributed by atoms with E-state index < -0.39 is 0 Å². The number of ether oxygens (including phenoxy) is 1. The summed E-state index contributed by atoms with van der Waals surface area (Å²) >= 11 is 6.36. The van der Waals surface area contributed by atoms with Crippen LogP contribution in [-0.4, -0.2) is 54.5 Å². The molecule has 158 valence electrons. The molecule has 0 atom stereocenters. The second-order valence-electron chi connectivity index (χ2n) is 7.48. The van der Waals surface area contributed by atoms with Crippen molar-refractivity contribution in [2.24, 2.45) is 0 Å². The Hall–Kier alpha value is -2.64. The summed E-state index contributed by atoms with van der Waals surface area (Å²) in [6, 6.07) is 9.58. The van der Waals surface area contributed by atoms with Gasteiger partial charge in [-0.25, -0.2) is 4.98 Å². The van der Waals surface area contributed by atoms with Crippen molar-refractivity contribution in [3.8, 4) is 0 Å². The SMILES string of the molecule is O=C(c1cnc(NCc2ccc(N3CCCCC3=O)cc2)c(Cl)c1)N1CCOCC1. The lowest BCUT2D eigenvalue weighted by Crippen LogP contribution is -2.40. The minimum absolute atomic E-state index is 0.0814. The number of nitrogens with zero attached hydrogens (tertiary/aromatic N) is 3. The molecule has 0 saturated carbocycles. The molecule has 2 aliphatic heterocycles. The molecular formula is C22H25ClN4O3. The van der Waals surface area contributed by atoms with Gasteiger partial charge in [-0.1, -0.05) is 23.7 Å². The van der Waals surface area contributed by atoms with Crippen LogP contribution in [-0.2, 0) is 16.1 Å². The number of hydrogen-bond donors (Lipinski definition) is 1. The highest BCUT2D eigenvalue weighted by molar-refractivity contribution is 6.33. The van der Waals surface area contributed by atoms with Crippen LogP contribution in [0.5, 0.6) is 0 Å². The molecule has 1 aromatic carbocycles. The number of carbonyl (C=O) groups is 2. The van der Waals surface area contributed by atoms with Gasteiger partial charge in [-0.05, 0) is 36.6 Å². The van der Waals surface area contributed by atoms with Crippen LogP contribution in [0.1, 0.15) is 35.2 Å². The number of benzene rings is 1. The Labute approximate surface area is 181 Å². The first-order chi connectivity index (χ1) is 14.6. The lowest BCUT2D eigenvalue weighted by Gasteiger charge is -2.27. The van der Waals surface area contributed by atoms with Gasteiger partial charge in [0.25, 0.3) is 5.91 Å². The maximum Gasteiger partial charge on any atom is 0.255 e. The number of aromatic nitrogens is 1. The highest BCUT2D eigenvalue weighted by Gasteiger charge is 2.20. The summed E-state index contributed by atoms with van der Waals surface area (Å²) in [4.78, 5) is 32.5. The van der Waals surface area contributed by atoms with E-state index in [1.165, 1.54) is 0 Å². The molecule has 0 aliphatic carbocycles. The van der Waals surface area contributed by atoms with E-state index in [-0.39, 0.29) is 11.8 Å². The lowest BCUT2D eigenvalue weighted by atomic mass is 10.1. The number of morpholine rings is 1. The zero-order chi connectivity index (χ0) is 20.9. The van der Waals surface area contributed by atoms with Crippen molar-refractivity contribution in [1.29, 1.82) is 0 Å². The van der Waals surface area contributed by atoms with E-state index >= 15 is 0 Å². The topological polar surface area (TPSA) is 74.8 Å². The van der Waals surface area contributed by atoms with Crippen LogP contribution >= 0.6 is 11.6 Å². The Morgan fingerprint density at radius 1 is 1.13 bits per heavy atom. The zero-order valence-electron chi connectivity index (χ0n) is 16.8. The second-order valence-corrected chi connectivity index (χ2v) is 7.89. The first-order valence-electron chi connectivity index (χ1n) is 10.3. The predicted octanol–water partition coefficient (Wildman–Crippen LogP) is 3.34. The Kier molecular flexibility index (Phi) is 6.50. The van der Waals surface area contributed by atoms with Gasteiger partial charge in [0, 0.05) is 44.5 Å². The van der Waals surface area contributed by atoms with Crippen molar-refractivity contribution >= 4 is 34.9 Å². The van der Waals surface area contributed by atoms with Gasteiger partial charge in [0.1, 0.15) is 5.82 Å². The predicted molar refractivity (Wildman–Crippen MR) is 116 cm³/mol. The Morgan fingerprint density at radius 2 is 1.90 bits per heavy atom. The van der Waals surface area contributed by atoms with Crippen LogP contribution < -0.4 is 10.2 Å². The molecule has 30 heavy (non-hydrogen) atoms. The van der Waals surface area contributed by atoms with Crippen molar-refractivity contribution < 1.29 is 14.3 Å². The third-order valence-electron chi connectivity index (χ3n) is 5.42. The van der Waals surface area contributed by atoms with Crippen molar-refractivity contribution in [3.63, 3.8) is 0 Å². The van der Waals surface area contributed by atoms with Gasteiger partial charge in [-0.15, -0.1) is 0 Å². The van der Waals surface area contributed by atoms with E-state index in [2.05, 4.69) is 10.3 Å². The summed E-state index contributed by atoms with van der Waals surface area (Å²) in [5, 5.41) is 3.62. The van der Waals surface area contributed by atoms with E-state index in [0.29, 0.717) is 55.7 Å². The molecule has 0 unspecified atom stereocenters. The number of anilines is 2. The first-order valence-corrected chi connectivity index (χ1v) is 10.7. The van der Waals surface area contributed by atoms with Crippen molar-refractivity contribution in [1.82, 2.24) is 9.88 Å². The molecule has 0 spiro atoms. The minimum Gasteiger partial charge on any atom is -0.378 e. The number of piperidine rings is 1. The highest BCUT2D eigenvalue weighted by atomic mass is 35.5. The average molecular weight is 429 g/mol. The molecule has 0 bridgehead atoms. The van der Waals surface area contributed by atoms with Crippen LogP contribution in [0.25, 0.3) is 0 Å². The van der Waals surface area contributed by atoms with Crippen molar-refractivity contribution in [2.75, 3.05) is 43.1 Å². The zero-order valence-corrected chi connectivity index (χ0v) is 17.5. The fraction of sp³-hybridized carbons (Fsp3) is 0.409. The number of carbonyl (C=O) groups excluding carboxylic acids is 2. The molecule has 8 heteroatoms. The second kappa shape index (κ2) is 9.45. The summed E-state index contributed by atoms with van der Waals surface area (Å²) in [5.41, 5.74) is 2.46. The van der Waals surface area contributed by atoms with Crippen LogP contribution in [0.3, 0.4) is 0 Å². The number of hydrogen-bond acceptors (Lipinski definition) is 5. The van der Waals surface area contributed by atoms with Crippen LogP contribution in [0.2, 0.25) is 5.02 Å². The fourth-order valence-corrected chi connectivity index (χ4v) is 3.93. The molecule has 2 saturated heterocycles. The lowest BCUT2D eigenvalue weighted by molar-refractivity contribution is -0.119. The summed E-state index contributed by atoms with van der Waals surface area (Å²) in [6.07, 6.45) is 4.19. The number of nitrogens with one attached hydrogen (secondary N) is 1. The summed E-state index contributed by atoms with van der Waals surface area (Å²) in [5.74, 6) is 0.641. The highest BCUT2D eigenvalue weighted by Crippen LogP contribution is 2.24. The molecule has 2 aliphatic rings. The average Bonchev–Trinajstić information content (AvgIpc) is 2.79. The van der Waals surface area contributed by atoms with Crippen LogP contribution in [0, 0.1) is 0 Å². The monoisotopic (exact) mass is 428 g/mol. The number of rotatable bonds is 5. The van der Waals surface area contributed by atoms with Gasteiger partial charge in [-0.2, -0.15) is 0 Å². The molecule has 2 amide bonds. The third-order valence-corrected chi connectivity index (χ3v) is 5.71. The van der Waals surface area contributed by atoms with Gasteiger partial charge in [0.15, 0.2) is 0 Å². The molecule has 0 radical (unpaired) electrons. The third kappa shape index (κ3) is 4.74. The van der Waals surface area contributed by atoms with Gasteiger partial charge >= 0.3 is 0 Å². The molecule has 1 aromatic heterocycles. The molecule has 4 rings (SSSR count). The summed E-state index contributed by atoms with van der Waals surface area (Å²) < 4.78 is 5.28. The van der Waals surface area contributed by atoms with Gasteiger partial charge in [0.2, 0.25) is 5.91 Å². The van der Waals surface area contributed by atoms with Crippen LogP contribution in [0.4, 0.5) is 11.5 Å². The molecule has 7 nitrogen and oxygen atoms in total. The van der Waals surface area contributed by atoms with Gasteiger partial charge < -0.3 is 19.9 Å². The maximum absolute atomic E-state index is 12.6. The molecular weight excluding hydrogens is 404 g/mol. The van der Waals surface area contributed by atoms with Crippen molar-refractivity contribution in [2.45, 2.75) is 25.8 Å². The maximum atomic E-state index is 12.6. The smallest absolute Gasteiger partial charge is 0.255 e. The van der Waals surface area contributed by atoms with E-state index in [1.807, 2.05) is 29.2 Å². The Bertz CT molecular complexity index is 913. The first kappa shape index (κ1) is 20.6. The van der Waals surface area contributed by atoms with E-state index in [0.717, 1.165) is 30.6 Å². The van der Waals surface area contributed by atoms with E-state index in [4.69, 9.17) is 16.3 Å². The quantitative estimate of drug-likeness (QED) is 0.790. The van der Waals surface area contributed by atoms with Gasteiger partial charge in [0.05, 0.1) is 23.8 Å². The van der Waals surface area contributed by atoms with Crippen LogP contribution in [0.15, 0.2) is 36.5 Å². The molecule has 1 N–H and O–H groups in total. The largest absolute Gasteiger partial charge is 0.378 e. The standard InChI is InChI=1S/C22H25ClN4O3/c23-19-13-17(22(29)26-9-11-30-12-10-26)15-25-21(19)24-14-16-4-6-18(7-5-16)27-8-2-1-3-20(27)28/h4-7,13,15H,1-3,8-12,14H2,(H,24,25). The fourth-order valence-electron chi connectivity index (χ4n) is 3.69. The number of pyridine rings is 1. The number of amides is 2. The minimum atomic E-state index is -0.0814. The Morgan fingerprint density at radius 3 is 2.60 bits per heavy atom. The Balaban J connectivity index is 1.36. The molecule has 2 fully saturated rings. The normalized spacial score (nSPS) is 17.2. The van der Waals surface area contributed by atoms with Gasteiger partial charge in [-0.3, -0.25) is 9.59 Å².